The summed E-state index contributed by atoms with van der Waals surface area (Å²) in [6, 6.07) is 20.2. The zero-order valence-corrected chi connectivity index (χ0v) is 20.6. The van der Waals surface area contributed by atoms with Crippen molar-refractivity contribution >= 4 is 27.6 Å². The molecule has 8 heteroatoms. The largest absolute Gasteiger partial charge is 0.497 e. The van der Waals surface area contributed by atoms with Crippen molar-refractivity contribution in [2.24, 2.45) is 0 Å². The van der Waals surface area contributed by atoms with Gasteiger partial charge in [-0.15, -0.1) is 0 Å². The molecule has 2 fully saturated rings. The molecule has 0 saturated carbocycles. The maximum atomic E-state index is 13.7. The Morgan fingerprint density at radius 2 is 2.00 bits per heavy atom. The molecule has 2 saturated heterocycles. The summed E-state index contributed by atoms with van der Waals surface area (Å²) >= 11 is 0. The maximum Gasteiger partial charge on any atom is 0.254 e. The van der Waals surface area contributed by atoms with Gasteiger partial charge in [-0.1, -0.05) is 36.4 Å². The van der Waals surface area contributed by atoms with E-state index in [4.69, 9.17) is 14.2 Å². The van der Waals surface area contributed by atoms with Gasteiger partial charge in [-0.2, -0.15) is 0 Å². The predicted molar refractivity (Wildman–Crippen MR) is 139 cm³/mol. The van der Waals surface area contributed by atoms with Crippen LogP contribution in [0.5, 0.6) is 5.75 Å². The van der Waals surface area contributed by atoms with Gasteiger partial charge in [0.05, 0.1) is 43.6 Å². The van der Waals surface area contributed by atoms with Crippen molar-refractivity contribution < 1.29 is 29.2 Å². The van der Waals surface area contributed by atoms with Crippen molar-refractivity contribution in [2.45, 2.75) is 43.4 Å². The normalized spacial score (nSPS) is 25.3. The second kappa shape index (κ2) is 9.46. The lowest BCUT2D eigenvalue weighted by molar-refractivity contribution is -0.232. The first kappa shape index (κ1) is 23.9. The van der Waals surface area contributed by atoms with Crippen LogP contribution in [0.1, 0.15) is 28.8 Å². The molecular formula is C29H30N2O6. The van der Waals surface area contributed by atoms with Crippen LogP contribution in [-0.4, -0.2) is 65.0 Å². The van der Waals surface area contributed by atoms with Crippen LogP contribution in [0.3, 0.4) is 0 Å². The molecule has 2 aliphatic heterocycles. The van der Waals surface area contributed by atoms with Crippen molar-refractivity contribution in [3.05, 3.63) is 78.0 Å². The number of amides is 1. The van der Waals surface area contributed by atoms with E-state index in [9.17, 15) is 15.0 Å². The van der Waals surface area contributed by atoms with Gasteiger partial charge in [0, 0.05) is 37.0 Å². The van der Waals surface area contributed by atoms with Crippen LogP contribution < -0.4 is 10.1 Å². The van der Waals surface area contributed by atoms with Gasteiger partial charge in [0.2, 0.25) is 0 Å². The maximum absolute atomic E-state index is 13.7. The monoisotopic (exact) mass is 502 g/mol. The molecule has 0 spiro atoms. The van der Waals surface area contributed by atoms with E-state index in [1.165, 1.54) is 5.39 Å². The molecule has 1 amide bonds. The van der Waals surface area contributed by atoms with Crippen LogP contribution in [0.2, 0.25) is 0 Å². The van der Waals surface area contributed by atoms with Crippen molar-refractivity contribution in [3.8, 4) is 5.75 Å². The Hall–Kier alpha value is -3.43. The minimum absolute atomic E-state index is 0.217. The molecule has 1 unspecified atom stereocenters. The Balaban J connectivity index is 1.35. The Bertz CT molecular complexity index is 1470. The fourth-order valence-electron chi connectivity index (χ4n) is 5.62. The first-order valence-corrected chi connectivity index (χ1v) is 12.5. The first-order valence-electron chi connectivity index (χ1n) is 12.5. The molecule has 3 aromatic carbocycles. The molecule has 4 atom stereocenters. The number of fused-ring (bicyclic) bond motifs is 3. The number of aliphatic hydroxyl groups is 2. The minimum atomic E-state index is -1.07. The number of nitrogens with zero attached hydrogens (tertiary/aromatic N) is 1. The lowest BCUT2D eigenvalue weighted by Gasteiger charge is -2.44. The number of carbonyl (C=O) groups is 1. The Labute approximate surface area is 214 Å². The fourth-order valence-corrected chi connectivity index (χ4v) is 5.62. The molecule has 8 nitrogen and oxygen atoms in total. The van der Waals surface area contributed by atoms with Gasteiger partial charge in [0.1, 0.15) is 11.3 Å². The summed E-state index contributed by atoms with van der Waals surface area (Å²) in [6.45, 7) is 0.703. The van der Waals surface area contributed by atoms with Gasteiger partial charge in [-0.3, -0.25) is 4.79 Å². The van der Waals surface area contributed by atoms with Crippen molar-refractivity contribution in [2.75, 3.05) is 20.3 Å². The van der Waals surface area contributed by atoms with Gasteiger partial charge in [-0.05, 0) is 34.5 Å². The molecule has 0 radical (unpaired) electrons. The second-order valence-electron chi connectivity index (χ2n) is 9.87. The number of benzene rings is 3. The van der Waals surface area contributed by atoms with Gasteiger partial charge in [0.15, 0.2) is 6.29 Å². The second-order valence-corrected chi connectivity index (χ2v) is 9.87. The first-order chi connectivity index (χ1) is 18.0. The van der Waals surface area contributed by atoms with Crippen LogP contribution in [0.15, 0.2) is 66.9 Å². The van der Waals surface area contributed by atoms with Crippen LogP contribution in [0.4, 0.5) is 0 Å². The summed E-state index contributed by atoms with van der Waals surface area (Å²) in [5.74, 6) is 0.388. The van der Waals surface area contributed by atoms with Gasteiger partial charge in [-0.25, -0.2) is 0 Å². The molecule has 3 heterocycles. The van der Waals surface area contributed by atoms with E-state index in [0.717, 1.165) is 21.9 Å². The Morgan fingerprint density at radius 3 is 2.81 bits per heavy atom. The summed E-state index contributed by atoms with van der Waals surface area (Å²) in [6.07, 6.45) is 0.246. The summed E-state index contributed by atoms with van der Waals surface area (Å²) in [5, 5.41) is 26.7. The van der Waals surface area contributed by atoms with Crippen LogP contribution >= 0.6 is 0 Å². The molecule has 2 aliphatic rings. The Morgan fingerprint density at radius 1 is 1.16 bits per heavy atom. The number of rotatable bonds is 6. The van der Waals surface area contributed by atoms with E-state index in [0.29, 0.717) is 30.9 Å². The van der Waals surface area contributed by atoms with Crippen LogP contribution in [0.25, 0.3) is 21.7 Å². The van der Waals surface area contributed by atoms with Crippen molar-refractivity contribution in [1.82, 2.24) is 9.88 Å². The van der Waals surface area contributed by atoms with E-state index in [1.54, 1.807) is 7.11 Å². The summed E-state index contributed by atoms with van der Waals surface area (Å²) in [7, 11) is 1.62. The number of hydrogen-bond acceptors (Lipinski definition) is 6. The number of hydrogen-bond donors (Lipinski definition) is 3. The highest BCUT2D eigenvalue weighted by Gasteiger charge is 2.56. The summed E-state index contributed by atoms with van der Waals surface area (Å²) in [5.41, 5.74) is 1.41. The van der Waals surface area contributed by atoms with E-state index < -0.39 is 24.0 Å². The number of carbonyl (C=O) groups excluding carboxylic acids is 1. The van der Waals surface area contributed by atoms with E-state index in [-0.39, 0.29) is 18.9 Å². The van der Waals surface area contributed by atoms with Crippen LogP contribution in [-0.2, 0) is 16.0 Å². The van der Waals surface area contributed by atoms with E-state index in [1.807, 2.05) is 41.1 Å². The van der Waals surface area contributed by atoms with E-state index >= 15 is 0 Å². The third-order valence-electron chi connectivity index (χ3n) is 7.65. The summed E-state index contributed by atoms with van der Waals surface area (Å²) in [4.78, 5) is 13.7. The molecule has 192 valence electrons. The van der Waals surface area contributed by atoms with Crippen LogP contribution in [0, 0.1) is 0 Å². The zero-order valence-electron chi connectivity index (χ0n) is 20.6. The molecular weight excluding hydrogens is 472 g/mol. The highest BCUT2D eigenvalue weighted by molar-refractivity contribution is 6.07. The average molecular weight is 503 g/mol. The smallest absolute Gasteiger partial charge is 0.254 e. The SMILES string of the molecule is COc1ccc2c(C(=O)N[C@@]34CCOC3O[C@H](CO)C[C@@H]4O)cn(Cc3ccc4ccccc4c3)c2c1. The number of aromatic nitrogens is 1. The topological polar surface area (TPSA) is 102 Å². The molecule has 0 bridgehead atoms. The number of ether oxygens (including phenoxy) is 3. The Kier molecular flexibility index (Phi) is 6.12. The number of nitrogens with one attached hydrogen (secondary N) is 1. The molecule has 3 N–H and O–H groups in total. The molecule has 0 aliphatic carbocycles. The minimum Gasteiger partial charge on any atom is -0.497 e. The molecule has 1 aromatic heterocycles. The zero-order chi connectivity index (χ0) is 25.6. The highest BCUT2D eigenvalue weighted by atomic mass is 16.7. The molecule has 6 rings (SSSR count). The lowest BCUT2D eigenvalue weighted by atomic mass is 9.83. The fraction of sp³-hybridized carbons (Fsp3) is 0.345. The predicted octanol–water partition coefficient (Wildman–Crippen LogP) is 3.21. The third kappa shape index (κ3) is 4.16. The summed E-state index contributed by atoms with van der Waals surface area (Å²) < 4.78 is 19.1. The van der Waals surface area contributed by atoms with E-state index in [2.05, 4.69) is 35.6 Å². The molecule has 37 heavy (non-hydrogen) atoms. The number of aliphatic hydroxyl groups excluding tert-OH is 2. The lowest BCUT2D eigenvalue weighted by Crippen LogP contribution is -2.66. The van der Waals surface area contributed by atoms with Gasteiger partial charge < -0.3 is 34.3 Å². The van der Waals surface area contributed by atoms with Crippen molar-refractivity contribution in [1.29, 1.82) is 0 Å². The average Bonchev–Trinajstić information content (AvgIpc) is 3.50. The highest BCUT2D eigenvalue weighted by Crippen LogP contribution is 2.38. The third-order valence-corrected chi connectivity index (χ3v) is 7.65. The quantitative estimate of drug-likeness (QED) is 0.374. The standard InChI is InChI=1S/C29H30N2O6/c1-35-21-8-9-23-24(27(34)30-29-10-11-36-28(29)37-22(17-32)14-26(29)33)16-31(25(23)13-21)15-18-6-7-19-4-2-3-5-20(19)12-18/h2-9,12-13,16,22,26,28,32-33H,10-11,14-15,17H2,1H3,(H,30,34)/t22-,26-,28?,29+/m0/s1. The van der Waals surface area contributed by atoms with Gasteiger partial charge in [0.25, 0.3) is 5.91 Å². The van der Waals surface area contributed by atoms with Crippen molar-refractivity contribution in [3.63, 3.8) is 0 Å². The van der Waals surface area contributed by atoms with Gasteiger partial charge >= 0.3 is 0 Å². The molecule has 4 aromatic rings. The number of methoxy groups -OCH3 is 1.